The first-order chi connectivity index (χ1) is 9.44. The lowest BCUT2D eigenvalue weighted by atomic mass is 9.78. The summed E-state index contributed by atoms with van der Waals surface area (Å²) in [6.45, 7) is 7.49. The van der Waals surface area contributed by atoms with Crippen molar-refractivity contribution in [3.05, 3.63) is 35.9 Å². The molecule has 4 heteroatoms. The highest BCUT2D eigenvalue weighted by molar-refractivity contribution is 5.84. The lowest BCUT2D eigenvalue weighted by Gasteiger charge is -2.28. The molecule has 1 unspecified atom stereocenters. The van der Waals surface area contributed by atoms with E-state index in [9.17, 15) is 4.79 Å². The molecule has 0 saturated heterocycles. The van der Waals surface area contributed by atoms with Gasteiger partial charge in [-0.05, 0) is 31.9 Å². The van der Waals surface area contributed by atoms with Gasteiger partial charge >= 0.3 is 5.97 Å². The van der Waals surface area contributed by atoms with Crippen molar-refractivity contribution in [1.29, 1.82) is 0 Å². The number of aryl methyl sites for hydroxylation is 1. The molecule has 1 aromatic carbocycles. The molecule has 0 fully saturated rings. The zero-order chi connectivity index (χ0) is 15.3. The van der Waals surface area contributed by atoms with Crippen molar-refractivity contribution >= 4 is 5.97 Å². The van der Waals surface area contributed by atoms with Crippen LogP contribution in [-0.4, -0.2) is 27.3 Å². The third kappa shape index (κ3) is 2.79. The van der Waals surface area contributed by atoms with Crippen LogP contribution < -0.4 is 9.47 Å². The van der Waals surface area contributed by atoms with Gasteiger partial charge < -0.3 is 14.2 Å². The molecule has 0 N–H and O–H groups in total. The highest BCUT2D eigenvalue weighted by atomic mass is 16.5. The Labute approximate surface area is 120 Å². The fourth-order valence-electron chi connectivity index (χ4n) is 2.33. The van der Waals surface area contributed by atoms with Crippen LogP contribution in [0.1, 0.15) is 24.5 Å². The van der Waals surface area contributed by atoms with Crippen molar-refractivity contribution in [3.63, 3.8) is 0 Å². The molecule has 0 aliphatic carbocycles. The molecule has 0 aromatic heterocycles. The highest BCUT2D eigenvalue weighted by Gasteiger charge is 2.38. The van der Waals surface area contributed by atoms with Gasteiger partial charge in [-0.2, -0.15) is 0 Å². The summed E-state index contributed by atoms with van der Waals surface area (Å²) in [7, 11) is 4.51. The Hall–Kier alpha value is -1.97. The highest BCUT2D eigenvalue weighted by Crippen LogP contribution is 2.42. The Balaban J connectivity index is 3.58. The fourth-order valence-corrected chi connectivity index (χ4v) is 2.33. The Bertz CT molecular complexity index is 507. The van der Waals surface area contributed by atoms with E-state index in [1.807, 2.05) is 26.0 Å². The Kier molecular flexibility index (Phi) is 5.19. The summed E-state index contributed by atoms with van der Waals surface area (Å²) in [6, 6.07) is 3.79. The van der Waals surface area contributed by atoms with E-state index in [2.05, 4.69) is 6.58 Å². The monoisotopic (exact) mass is 278 g/mol. The molecule has 0 radical (unpaired) electrons. The maximum absolute atomic E-state index is 12.2. The molecule has 4 nitrogen and oxygen atoms in total. The third-order valence-electron chi connectivity index (χ3n) is 3.41. The number of methoxy groups -OCH3 is 3. The fraction of sp³-hybridized carbons (Fsp3) is 0.438. The second-order valence-corrected chi connectivity index (χ2v) is 4.86. The van der Waals surface area contributed by atoms with Gasteiger partial charge in [0.25, 0.3) is 0 Å². The SMILES string of the molecule is C=CCC(C)(C(=O)OC)c1cc(C)cc(OC)c1OC. The van der Waals surface area contributed by atoms with Crippen LogP contribution in [0.5, 0.6) is 11.5 Å². The number of carbonyl (C=O) groups is 1. The number of ether oxygens (including phenoxy) is 3. The summed E-state index contributed by atoms with van der Waals surface area (Å²) in [5, 5.41) is 0. The normalized spacial score (nSPS) is 13.2. The lowest BCUT2D eigenvalue weighted by molar-refractivity contribution is -0.146. The predicted octanol–water partition coefficient (Wildman–Crippen LogP) is 3.02. The Morgan fingerprint density at radius 1 is 1.30 bits per heavy atom. The van der Waals surface area contributed by atoms with E-state index in [1.54, 1.807) is 20.3 Å². The van der Waals surface area contributed by atoms with Gasteiger partial charge in [0.2, 0.25) is 0 Å². The maximum Gasteiger partial charge on any atom is 0.316 e. The van der Waals surface area contributed by atoms with Crippen molar-refractivity contribution in [2.75, 3.05) is 21.3 Å². The second-order valence-electron chi connectivity index (χ2n) is 4.86. The van der Waals surface area contributed by atoms with E-state index >= 15 is 0 Å². The zero-order valence-corrected chi connectivity index (χ0v) is 12.8. The number of hydrogen-bond donors (Lipinski definition) is 0. The van der Waals surface area contributed by atoms with Crippen LogP contribution in [0, 0.1) is 6.92 Å². The Morgan fingerprint density at radius 2 is 1.95 bits per heavy atom. The van der Waals surface area contributed by atoms with Gasteiger partial charge in [0.1, 0.15) is 0 Å². The quantitative estimate of drug-likeness (QED) is 0.592. The summed E-state index contributed by atoms with van der Waals surface area (Å²) in [5.74, 6) is 0.817. The summed E-state index contributed by atoms with van der Waals surface area (Å²) in [6.07, 6.45) is 2.15. The number of allylic oxidation sites excluding steroid dienone is 1. The number of esters is 1. The van der Waals surface area contributed by atoms with E-state index in [4.69, 9.17) is 14.2 Å². The van der Waals surface area contributed by atoms with Gasteiger partial charge in [0.15, 0.2) is 11.5 Å². The largest absolute Gasteiger partial charge is 0.493 e. The molecule has 0 saturated carbocycles. The molecule has 0 amide bonds. The van der Waals surface area contributed by atoms with E-state index in [-0.39, 0.29) is 5.97 Å². The molecule has 1 aromatic rings. The van der Waals surface area contributed by atoms with Crippen molar-refractivity contribution in [2.45, 2.75) is 25.7 Å². The van der Waals surface area contributed by atoms with E-state index in [0.29, 0.717) is 17.9 Å². The summed E-state index contributed by atoms with van der Waals surface area (Å²) < 4.78 is 15.7. The molecule has 0 aliphatic rings. The minimum Gasteiger partial charge on any atom is -0.493 e. The van der Waals surface area contributed by atoms with Crippen LogP contribution >= 0.6 is 0 Å². The van der Waals surface area contributed by atoms with E-state index < -0.39 is 5.41 Å². The molecule has 0 aliphatic heterocycles. The number of rotatable bonds is 6. The standard InChI is InChI=1S/C16H22O4/c1-7-8-16(3,15(17)20-6)12-9-11(2)10-13(18-4)14(12)19-5/h7,9-10H,1,8H2,2-6H3. The zero-order valence-electron chi connectivity index (χ0n) is 12.8. The van der Waals surface area contributed by atoms with Crippen molar-refractivity contribution < 1.29 is 19.0 Å². The topological polar surface area (TPSA) is 44.8 Å². The number of carbonyl (C=O) groups excluding carboxylic acids is 1. The first kappa shape index (κ1) is 16.1. The van der Waals surface area contributed by atoms with Crippen LogP contribution in [0.3, 0.4) is 0 Å². The van der Waals surface area contributed by atoms with Crippen molar-refractivity contribution in [1.82, 2.24) is 0 Å². The van der Waals surface area contributed by atoms with Crippen LogP contribution in [0.2, 0.25) is 0 Å². The molecular formula is C16H22O4. The molecule has 110 valence electrons. The van der Waals surface area contributed by atoms with E-state index in [0.717, 1.165) is 11.1 Å². The smallest absolute Gasteiger partial charge is 0.316 e. The van der Waals surface area contributed by atoms with Crippen LogP contribution in [-0.2, 0) is 14.9 Å². The van der Waals surface area contributed by atoms with Gasteiger partial charge in [-0.15, -0.1) is 6.58 Å². The third-order valence-corrected chi connectivity index (χ3v) is 3.41. The number of benzene rings is 1. The summed E-state index contributed by atoms with van der Waals surface area (Å²) >= 11 is 0. The second kappa shape index (κ2) is 6.46. The Morgan fingerprint density at radius 3 is 2.40 bits per heavy atom. The van der Waals surface area contributed by atoms with Crippen LogP contribution in [0.25, 0.3) is 0 Å². The molecule has 1 rings (SSSR count). The van der Waals surface area contributed by atoms with Crippen molar-refractivity contribution in [3.8, 4) is 11.5 Å². The first-order valence-electron chi connectivity index (χ1n) is 6.37. The molecule has 1 atom stereocenters. The van der Waals surface area contributed by atoms with E-state index in [1.165, 1.54) is 7.11 Å². The van der Waals surface area contributed by atoms with Gasteiger partial charge in [-0.1, -0.05) is 12.1 Å². The average molecular weight is 278 g/mol. The summed E-state index contributed by atoms with van der Waals surface area (Å²) in [5.41, 5.74) is 0.863. The van der Waals surface area contributed by atoms with Crippen LogP contribution in [0.15, 0.2) is 24.8 Å². The average Bonchev–Trinajstić information content (AvgIpc) is 2.45. The summed E-state index contributed by atoms with van der Waals surface area (Å²) in [4.78, 5) is 12.2. The lowest BCUT2D eigenvalue weighted by Crippen LogP contribution is -2.34. The van der Waals surface area contributed by atoms with Gasteiger partial charge in [-0.3, -0.25) is 4.79 Å². The molecule has 0 bridgehead atoms. The molecule has 0 heterocycles. The molecule has 0 spiro atoms. The molecular weight excluding hydrogens is 256 g/mol. The first-order valence-corrected chi connectivity index (χ1v) is 6.37. The number of hydrogen-bond acceptors (Lipinski definition) is 4. The van der Waals surface area contributed by atoms with Gasteiger partial charge in [0.05, 0.1) is 26.7 Å². The maximum atomic E-state index is 12.2. The molecule has 20 heavy (non-hydrogen) atoms. The van der Waals surface area contributed by atoms with Crippen molar-refractivity contribution in [2.24, 2.45) is 0 Å². The minimum absolute atomic E-state index is 0.330. The minimum atomic E-state index is -0.860. The van der Waals surface area contributed by atoms with Gasteiger partial charge in [-0.25, -0.2) is 0 Å². The van der Waals surface area contributed by atoms with Crippen LogP contribution in [0.4, 0.5) is 0 Å². The predicted molar refractivity (Wildman–Crippen MR) is 78.5 cm³/mol. The van der Waals surface area contributed by atoms with Gasteiger partial charge in [0, 0.05) is 5.56 Å².